The van der Waals surface area contributed by atoms with Crippen molar-refractivity contribution < 1.29 is 48.3 Å². The van der Waals surface area contributed by atoms with E-state index in [0.29, 0.717) is 31.6 Å². The number of unbranched alkanes of at least 4 members (excludes halogenated alkanes) is 1. The third-order valence-corrected chi connectivity index (χ3v) is 13.5. The van der Waals surface area contributed by atoms with E-state index in [-0.39, 0.29) is 107 Å². The van der Waals surface area contributed by atoms with Crippen molar-refractivity contribution in [1.29, 1.82) is 0 Å². The first-order valence-corrected chi connectivity index (χ1v) is 27.5. The second-order valence-corrected chi connectivity index (χ2v) is 20.8. The lowest BCUT2D eigenvalue weighted by atomic mass is 9.87. The Morgan fingerprint density at radius 3 is 1.55 bits per heavy atom. The van der Waals surface area contributed by atoms with Crippen molar-refractivity contribution in [3.8, 4) is 0 Å². The van der Waals surface area contributed by atoms with Gasteiger partial charge in [0.25, 0.3) is 0 Å². The molecule has 0 aliphatic carbocycles. The van der Waals surface area contributed by atoms with Crippen LogP contribution in [0.5, 0.6) is 0 Å². The predicted octanol–water partition coefficient (Wildman–Crippen LogP) is 1.57. The van der Waals surface area contributed by atoms with Crippen molar-refractivity contribution in [2.75, 3.05) is 31.6 Å². The molecule has 0 unspecified atom stereocenters. The van der Waals surface area contributed by atoms with Crippen molar-refractivity contribution >= 4 is 76.5 Å². The van der Waals surface area contributed by atoms with Gasteiger partial charge in [-0.25, -0.2) is 0 Å². The fourth-order valence-electron chi connectivity index (χ4n) is 8.46. The number of nitrogens with two attached hydrogens (primary N) is 6. The van der Waals surface area contributed by atoms with Crippen LogP contribution in [0.3, 0.4) is 0 Å². The van der Waals surface area contributed by atoms with Crippen LogP contribution >= 0.6 is 11.8 Å². The molecule has 23 heteroatoms. The van der Waals surface area contributed by atoms with E-state index in [0.717, 1.165) is 5.56 Å². The Morgan fingerprint density at radius 2 is 1.08 bits per heavy atom. The molecule has 1 rings (SSSR count). The topological polar surface area (TPSA) is 403 Å². The summed E-state index contributed by atoms with van der Waals surface area (Å²) in [6.45, 7) is 9.37. The van der Waals surface area contributed by atoms with Crippen LogP contribution in [0.15, 0.2) is 40.3 Å². The van der Waals surface area contributed by atoms with E-state index in [1.165, 1.54) is 18.7 Å². The Morgan fingerprint density at radius 1 is 0.600 bits per heavy atom. The largest absolute Gasteiger partial charge is 0.481 e. The lowest BCUT2D eigenvalue weighted by molar-refractivity contribution is -0.141. The third-order valence-electron chi connectivity index (χ3n) is 12.9. The Bertz CT molecular complexity index is 2050. The number of Topliss-reactive ketones (excluding diaryl/α,β-unsaturated/α-hetero) is 3. The number of hydrogen-bond donors (Lipinski definition) is 11. The minimum atomic E-state index is -1.20. The van der Waals surface area contributed by atoms with Crippen LogP contribution in [-0.4, -0.2) is 126 Å². The molecule has 22 nitrogen and oxygen atoms in total. The zero-order valence-electron chi connectivity index (χ0n) is 45.0. The summed E-state index contributed by atoms with van der Waals surface area (Å²) in [5, 5.41) is 20.5. The second-order valence-electron chi connectivity index (χ2n) is 19.8. The Balaban J connectivity index is 3.61. The Kier molecular flexibility index (Phi) is 32.8. The van der Waals surface area contributed by atoms with Crippen LogP contribution in [0.1, 0.15) is 130 Å². The molecule has 0 heterocycles. The van der Waals surface area contributed by atoms with Crippen molar-refractivity contribution in [2.24, 2.45) is 79.9 Å². The molecular weight excluding hydrogens is 985 g/mol. The zero-order chi connectivity index (χ0) is 56.6. The van der Waals surface area contributed by atoms with Crippen LogP contribution in [0, 0.1) is 35.5 Å². The smallest absolute Gasteiger partial charge is 0.304 e. The van der Waals surface area contributed by atoms with E-state index >= 15 is 0 Å². The van der Waals surface area contributed by atoms with Gasteiger partial charge in [0.15, 0.2) is 29.3 Å². The van der Waals surface area contributed by atoms with Crippen LogP contribution in [0.4, 0.5) is 0 Å². The number of carbonyl (C=O) groups excluding carboxylic acids is 8. The van der Waals surface area contributed by atoms with E-state index in [2.05, 4.69) is 31.3 Å². The summed E-state index contributed by atoms with van der Waals surface area (Å²) in [6, 6.07) is 4.81. The molecule has 0 fully saturated rings. The molecule has 0 aliphatic rings. The minimum absolute atomic E-state index is 0.0547. The molecule has 1 aromatic rings. The number of hydrogen-bond acceptors (Lipinski definition) is 13. The molecular formula is C52H88N12O10S. The molecule has 0 bridgehead atoms. The van der Waals surface area contributed by atoms with Gasteiger partial charge in [-0.05, 0) is 93.7 Å². The first kappa shape index (κ1) is 66.9. The number of nitrogens with zero attached hydrogens (tertiary/aromatic N) is 2. The summed E-state index contributed by atoms with van der Waals surface area (Å²) >= 11 is 1.46. The summed E-state index contributed by atoms with van der Waals surface area (Å²) in [6.07, 6.45) is 3.42. The highest BCUT2D eigenvalue weighted by Gasteiger charge is 2.35. The van der Waals surface area contributed by atoms with E-state index in [1.807, 2.05) is 57.4 Å². The van der Waals surface area contributed by atoms with Gasteiger partial charge in [0.2, 0.25) is 29.5 Å². The van der Waals surface area contributed by atoms with Gasteiger partial charge in [0, 0.05) is 56.0 Å². The summed E-state index contributed by atoms with van der Waals surface area (Å²) in [5.41, 5.74) is 34.4. The monoisotopic (exact) mass is 1070 g/mol. The Labute approximate surface area is 447 Å². The van der Waals surface area contributed by atoms with Crippen molar-refractivity contribution in [1.82, 2.24) is 21.3 Å². The van der Waals surface area contributed by atoms with Gasteiger partial charge in [-0.2, -0.15) is 11.8 Å². The molecule has 5 amide bonds. The van der Waals surface area contributed by atoms with E-state index in [1.54, 1.807) is 6.92 Å². The number of nitrogens with one attached hydrogen (secondary N) is 4. The molecule has 422 valence electrons. The molecule has 0 aliphatic heterocycles. The van der Waals surface area contributed by atoms with Crippen LogP contribution in [0.25, 0.3) is 0 Å². The van der Waals surface area contributed by atoms with Crippen LogP contribution in [-0.2, 0) is 49.6 Å². The fraction of sp³-hybridized carbons (Fsp3) is 0.673. The second kappa shape index (κ2) is 36.8. The molecule has 0 radical (unpaired) electrons. The van der Waals surface area contributed by atoms with E-state index in [4.69, 9.17) is 34.4 Å². The summed E-state index contributed by atoms with van der Waals surface area (Å²) in [7, 11) is 0. The lowest BCUT2D eigenvalue weighted by Gasteiger charge is -2.27. The van der Waals surface area contributed by atoms with Gasteiger partial charge in [-0.3, -0.25) is 53.1 Å². The van der Waals surface area contributed by atoms with Gasteiger partial charge >= 0.3 is 5.97 Å². The molecule has 0 aromatic heterocycles. The van der Waals surface area contributed by atoms with Crippen molar-refractivity contribution in [2.45, 2.75) is 155 Å². The maximum atomic E-state index is 14.5. The maximum Gasteiger partial charge on any atom is 0.304 e. The summed E-state index contributed by atoms with van der Waals surface area (Å²) in [4.78, 5) is 131. The number of benzene rings is 1. The van der Waals surface area contributed by atoms with Gasteiger partial charge in [0.1, 0.15) is 6.04 Å². The van der Waals surface area contributed by atoms with Crippen molar-refractivity contribution in [3.63, 3.8) is 0 Å². The SMILES string of the molecule is CC[C@H](C)[C@H](NC(=O)[C@@H](CC(=O)[C@H](CCSC)NC(=O)[C@H](CCCCN)CC(=O)[C@H](CCCN=C(N)N)NC(=O)[C@@H](CC(=O)[C@H](CCCN=C(N)N)NC(=O)[C@@H](C)CC(=O)O)CC(C)C)Cc1ccccc1)C(N)=O. The van der Waals surface area contributed by atoms with Crippen LogP contribution < -0.4 is 55.7 Å². The number of aliphatic imine (C=N–C) groups is 2. The van der Waals surface area contributed by atoms with Crippen molar-refractivity contribution in [3.05, 3.63) is 35.9 Å². The van der Waals surface area contributed by atoms with Gasteiger partial charge < -0.3 is 60.8 Å². The first-order valence-electron chi connectivity index (χ1n) is 26.1. The average Bonchev–Trinajstić information content (AvgIpc) is 3.34. The molecule has 17 N–H and O–H groups in total. The Hall–Kier alpha value is -6.10. The standard InChI is InChI=1S/C52H88N12O10S/c1-7-32(4)45(46(54)70)64-50(74)37(27-34-15-9-8-10-16-34)30-43(67)40(20-24-75-6)63-48(72)35(17-11-12-21-53)28-41(65)39(19-14-23-60-52(57)58)62-49(73)36(25-31(2)3)29-42(66)38(18-13-22-59-51(55)56)61-47(71)33(5)26-44(68)69/h8-10,15-16,31-33,35-40,45H,7,11-14,17-30,53H2,1-6H3,(H2,54,70)(H,61,71)(H,62,73)(H,63,72)(H,64,74)(H,68,69)(H4,55,56,59)(H4,57,58,60)/t32-,33-,35+,36+,37+,38-,39-,40-,45-/m0/s1. The lowest BCUT2D eigenvalue weighted by Crippen LogP contribution is -2.51. The maximum absolute atomic E-state index is 14.5. The molecule has 75 heavy (non-hydrogen) atoms. The quantitative estimate of drug-likeness (QED) is 0.0252. The predicted molar refractivity (Wildman–Crippen MR) is 292 cm³/mol. The zero-order valence-corrected chi connectivity index (χ0v) is 45.8. The number of aliphatic carboxylic acids is 1. The number of carboxylic acid groups (broad SMARTS) is 1. The average molecular weight is 1070 g/mol. The molecule has 0 saturated heterocycles. The minimum Gasteiger partial charge on any atom is -0.481 e. The molecule has 0 saturated carbocycles. The molecule has 0 spiro atoms. The number of carboxylic acids is 1. The fourth-order valence-corrected chi connectivity index (χ4v) is 8.93. The number of rotatable bonds is 41. The van der Waals surface area contributed by atoms with E-state index in [9.17, 15) is 48.3 Å². The highest BCUT2D eigenvalue weighted by Crippen LogP contribution is 2.23. The number of amides is 5. The first-order chi connectivity index (χ1) is 35.4. The van der Waals surface area contributed by atoms with E-state index < -0.39 is 107 Å². The summed E-state index contributed by atoms with van der Waals surface area (Å²) in [5.74, 6) is -9.77. The van der Waals surface area contributed by atoms with Gasteiger partial charge in [-0.1, -0.05) is 77.8 Å². The number of ketones is 3. The third kappa shape index (κ3) is 27.8. The van der Waals surface area contributed by atoms with Crippen LogP contribution in [0.2, 0.25) is 0 Å². The van der Waals surface area contributed by atoms with Gasteiger partial charge in [-0.15, -0.1) is 0 Å². The number of thioether (sulfide) groups is 1. The number of carbonyl (C=O) groups is 9. The highest BCUT2D eigenvalue weighted by molar-refractivity contribution is 7.98. The molecule has 1 aromatic carbocycles. The normalized spacial score (nSPS) is 14.8. The summed E-state index contributed by atoms with van der Waals surface area (Å²) < 4.78 is 0. The van der Waals surface area contributed by atoms with Gasteiger partial charge in [0.05, 0.1) is 24.5 Å². The molecule has 9 atom stereocenters. The highest BCUT2D eigenvalue weighted by atomic mass is 32.2. The number of guanidine groups is 2. The number of primary amides is 1.